The van der Waals surface area contributed by atoms with Gasteiger partial charge in [-0.15, -0.1) is 0 Å². The van der Waals surface area contributed by atoms with Crippen LogP contribution in [0.25, 0.3) is 0 Å². The van der Waals surface area contributed by atoms with Crippen LogP contribution in [0, 0.1) is 0 Å². The summed E-state index contributed by atoms with van der Waals surface area (Å²) in [6.07, 6.45) is 0.710. The third kappa shape index (κ3) is 4.85. The molecule has 0 radical (unpaired) electrons. The first kappa shape index (κ1) is 22.6. The molecule has 0 bridgehead atoms. The van der Waals surface area contributed by atoms with Crippen LogP contribution in [0.5, 0.6) is 23.0 Å². The van der Waals surface area contributed by atoms with E-state index in [9.17, 15) is 9.59 Å². The standard InChI is InChI=1S/C22H26O6S/c1-7-15(23)13-9-21(19(27-5)11-17(13)25-3)29-22-10-14(16(24)8-2)18(26-4)12-20(22)28-6/h9-12H,7-8H2,1-6H3. The second-order valence-corrected chi connectivity index (χ2v) is 7.15. The smallest absolute Gasteiger partial charge is 0.166 e. The molecule has 29 heavy (non-hydrogen) atoms. The Morgan fingerprint density at radius 1 is 0.655 bits per heavy atom. The van der Waals surface area contributed by atoms with Crippen LogP contribution < -0.4 is 18.9 Å². The fourth-order valence-corrected chi connectivity index (χ4v) is 3.91. The van der Waals surface area contributed by atoms with Crippen molar-refractivity contribution in [1.82, 2.24) is 0 Å². The van der Waals surface area contributed by atoms with Crippen molar-refractivity contribution in [2.24, 2.45) is 0 Å². The highest BCUT2D eigenvalue weighted by Gasteiger charge is 2.20. The van der Waals surface area contributed by atoms with Crippen molar-refractivity contribution >= 4 is 23.3 Å². The molecule has 0 N–H and O–H groups in total. The summed E-state index contributed by atoms with van der Waals surface area (Å²) in [5.41, 5.74) is 0.964. The van der Waals surface area contributed by atoms with Gasteiger partial charge in [-0.2, -0.15) is 0 Å². The van der Waals surface area contributed by atoms with E-state index in [0.717, 1.165) is 0 Å². The number of hydrogen-bond acceptors (Lipinski definition) is 7. The van der Waals surface area contributed by atoms with Gasteiger partial charge in [-0.3, -0.25) is 9.59 Å². The molecule has 2 aromatic rings. The highest BCUT2D eigenvalue weighted by Crippen LogP contribution is 2.44. The summed E-state index contributed by atoms with van der Waals surface area (Å²) in [5.74, 6) is 1.97. The Bertz CT molecular complexity index is 833. The molecule has 0 heterocycles. The van der Waals surface area contributed by atoms with Gasteiger partial charge < -0.3 is 18.9 Å². The molecule has 0 aromatic heterocycles. The second kappa shape index (κ2) is 10.2. The largest absolute Gasteiger partial charge is 0.496 e. The quantitative estimate of drug-likeness (QED) is 0.500. The number of carbonyl (C=O) groups is 2. The number of Topliss-reactive ketones (excluding diaryl/α,β-unsaturated/α-hetero) is 2. The van der Waals surface area contributed by atoms with Gasteiger partial charge in [0.2, 0.25) is 0 Å². The highest BCUT2D eigenvalue weighted by atomic mass is 32.2. The zero-order valence-electron chi connectivity index (χ0n) is 17.6. The second-order valence-electron chi connectivity index (χ2n) is 6.06. The molecule has 2 rings (SSSR count). The van der Waals surface area contributed by atoms with Crippen molar-refractivity contribution in [3.05, 3.63) is 35.4 Å². The van der Waals surface area contributed by atoms with E-state index >= 15 is 0 Å². The Hall–Kier alpha value is -2.67. The Labute approximate surface area is 175 Å². The minimum atomic E-state index is -0.0325. The van der Waals surface area contributed by atoms with Crippen molar-refractivity contribution in [3.63, 3.8) is 0 Å². The summed E-state index contributed by atoms with van der Waals surface area (Å²) in [7, 11) is 6.14. The van der Waals surface area contributed by atoms with Gasteiger partial charge in [0, 0.05) is 25.0 Å². The highest BCUT2D eigenvalue weighted by molar-refractivity contribution is 7.99. The zero-order valence-corrected chi connectivity index (χ0v) is 18.4. The lowest BCUT2D eigenvalue weighted by Gasteiger charge is -2.17. The number of carbonyl (C=O) groups excluding carboxylic acids is 2. The van der Waals surface area contributed by atoms with Gasteiger partial charge in [0.15, 0.2) is 11.6 Å². The molecular weight excluding hydrogens is 392 g/mol. The maximum Gasteiger partial charge on any atom is 0.166 e. The van der Waals surface area contributed by atoms with E-state index in [1.165, 1.54) is 26.0 Å². The molecule has 6 nitrogen and oxygen atoms in total. The topological polar surface area (TPSA) is 71.1 Å². The summed E-state index contributed by atoms with van der Waals surface area (Å²) >= 11 is 1.35. The van der Waals surface area contributed by atoms with E-state index in [0.29, 0.717) is 56.8 Å². The van der Waals surface area contributed by atoms with Crippen molar-refractivity contribution in [2.75, 3.05) is 28.4 Å². The Balaban J connectivity index is 2.62. The molecular formula is C22H26O6S. The average molecular weight is 419 g/mol. The summed E-state index contributed by atoms with van der Waals surface area (Å²) in [6.45, 7) is 3.60. The molecule has 2 aromatic carbocycles. The first-order valence-electron chi connectivity index (χ1n) is 9.20. The number of hydrogen-bond donors (Lipinski definition) is 0. The van der Waals surface area contributed by atoms with Gasteiger partial charge in [0.05, 0.1) is 49.4 Å². The van der Waals surface area contributed by atoms with E-state index in [-0.39, 0.29) is 11.6 Å². The monoisotopic (exact) mass is 418 g/mol. The van der Waals surface area contributed by atoms with E-state index < -0.39 is 0 Å². The predicted molar refractivity (Wildman–Crippen MR) is 112 cm³/mol. The number of benzene rings is 2. The molecule has 7 heteroatoms. The normalized spacial score (nSPS) is 10.4. The van der Waals surface area contributed by atoms with Crippen molar-refractivity contribution < 1.29 is 28.5 Å². The Morgan fingerprint density at radius 3 is 1.28 bits per heavy atom. The third-order valence-corrected chi connectivity index (χ3v) is 5.51. The van der Waals surface area contributed by atoms with E-state index in [1.54, 1.807) is 52.3 Å². The molecule has 0 aliphatic heterocycles. The maximum absolute atomic E-state index is 12.4. The minimum absolute atomic E-state index is 0.0325. The van der Waals surface area contributed by atoms with Crippen molar-refractivity contribution in [3.8, 4) is 23.0 Å². The van der Waals surface area contributed by atoms with Crippen molar-refractivity contribution in [2.45, 2.75) is 36.5 Å². The summed E-state index contributed by atoms with van der Waals surface area (Å²) in [6, 6.07) is 6.89. The number of ketones is 2. The molecule has 0 saturated carbocycles. The fourth-order valence-electron chi connectivity index (χ4n) is 2.83. The minimum Gasteiger partial charge on any atom is -0.496 e. The lowest BCUT2D eigenvalue weighted by Crippen LogP contribution is -2.03. The van der Waals surface area contributed by atoms with Gasteiger partial charge in [0.25, 0.3) is 0 Å². The van der Waals surface area contributed by atoms with Gasteiger partial charge in [0.1, 0.15) is 23.0 Å². The number of ether oxygens (including phenoxy) is 4. The molecule has 0 amide bonds. The van der Waals surface area contributed by atoms with Gasteiger partial charge in [-0.25, -0.2) is 0 Å². The molecule has 0 aliphatic rings. The Kier molecular flexibility index (Phi) is 7.96. The van der Waals surface area contributed by atoms with Crippen LogP contribution in [0.1, 0.15) is 47.4 Å². The van der Waals surface area contributed by atoms with Crippen LogP contribution in [0.3, 0.4) is 0 Å². The third-order valence-electron chi connectivity index (χ3n) is 4.43. The molecule has 0 atom stereocenters. The summed E-state index contributed by atoms with van der Waals surface area (Å²) in [5, 5.41) is 0. The van der Waals surface area contributed by atoms with E-state index in [2.05, 4.69) is 0 Å². The SMILES string of the molecule is CCC(=O)c1cc(Sc2cc(C(=O)CC)c(OC)cc2OC)c(OC)cc1OC. The predicted octanol–water partition coefficient (Wildman–Crippen LogP) is 5.06. The summed E-state index contributed by atoms with van der Waals surface area (Å²) in [4.78, 5) is 26.2. The lowest BCUT2D eigenvalue weighted by molar-refractivity contribution is 0.0976. The Morgan fingerprint density at radius 2 is 1.00 bits per heavy atom. The number of methoxy groups -OCH3 is 4. The molecule has 0 spiro atoms. The molecule has 156 valence electrons. The number of rotatable bonds is 10. The van der Waals surface area contributed by atoms with Crippen LogP contribution in [-0.2, 0) is 0 Å². The van der Waals surface area contributed by atoms with Crippen LogP contribution in [0.15, 0.2) is 34.1 Å². The van der Waals surface area contributed by atoms with Gasteiger partial charge in [-0.05, 0) is 12.1 Å². The van der Waals surface area contributed by atoms with Crippen LogP contribution in [0.4, 0.5) is 0 Å². The average Bonchev–Trinajstić information content (AvgIpc) is 2.77. The first-order chi connectivity index (χ1) is 13.9. The lowest BCUT2D eigenvalue weighted by atomic mass is 10.1. The summed E-state index contributed by atoms with van der Waals surface area (Å²) < 4.78 is 21.7. The van der Waals surface area contributed by atoms with E-state index in [1.807, 2.05) is 0 Å². The fraction of sp³-hybridized carbons (Fsp3) is 0.364. The van der Waals surface area contributed by atoms with Crippen LogP contribution in [-0.4, -0.2) is 40.0 Å². The molecule has 0 fully saturated rings. The molecule has 0 saturated heterocycles. The molecule has 0 unspecified atom stereocenters. The van der Waals surface area contributed by atoms with Crippen LogP contribution in [0.2, 0.25) is 0 Å². The van der Waals surface area contributed by atoms with Crippen molar-refractivity contribution in [1.29, 1.82) is 0 Å². The first-order valence-corrected chi connectivity index (χ1v) is 10.0. The van der Waals surface area contributed by atoms with Gasteiger partial charge in [-0.1, -0.05) is 25.6 Å². The zero-order chi connectivity index (χ0) is 21.6. The molecule has 0 aliphatic carbocycles. The maximum atomic E-state index is 12.4. The van der Waals surface area contributed by atoms with E-state index in [4.69, 9.17) is 18.9 Å². The van der Waals surface area contributed by atoms with Crippen LogP contribution >= 0.6 is 11.8 Å². The van der Waals surface area contributed by atoms with Gasteiger partial charge >= 0.3 is 0 Å².